The van der Waals surface area contributed by atoms with Crippen molar-refractivity contribution in [3.8, 4) is 0 Å². The van der Waals surface area contributed by atoms with E-state index in [2.05, 4.69) is 46.0 Å². The van der Waals surface area contributed by atoms with Gasteiger partial charge in [0.2, 0.25) is 0 Å². The second-order valence-corrected chi connectivity index (χ2v) is 5.99. The summed E-state index contributed by atoms with van der Waals surface area (Å²) in [4.78, 5) is 8.89. The summed E-state index contributed by atoms with van der Waals surface area (Å²) < 4.78 is 0. The van der Waals surface area contributed by atoms with Crippen LogP contribution < -0.4 is 4.90 Å². The van der Waals surface area contributed by atoms with Crippen LogP contribution in [0.3, 0.4) is 0 Å². The van der Waals surface area contributed by atoms with Crippen molar-refractivity contribution >= 4 is 17.3 Å². The van der Waals surface area contributed by atoms with Crippen LogP contribution in [-0.2, 0) is 6.54 Å². The number of hydrogen-bond acceptors (Lipinski definition) is 3. The van der Waals surface area contributed by atoms with Gasteiger partial charge in [-0.15, -0.1) is 0 Å². The molecule has 1 fully saturated rings. The Balaban J connectivity index is 1.59. The molecule has 0 spiro atoms. The van der Waals surface area contributed by atoms with Crippen LogP contribution in [0.1, 0.15) is 11.1 Å². The van der Waals surface area contributed by atoms with Crippen LogP contribution in [0, 0.1) is 6.92 Å². The van der Waals surface area contributed by atoms with Gasteiger partial charge in [-0.25, -0.2) is 0 Å². The number of aromatic nitrogens is 1. The van der Waals surface area contributed by atoms with Crippen molar-refractivity contribution in [2.45, 2.75) is 13.5 Å². The van der Waals surface area contributed by atoms with E-state index in [1.165, 1.54) is 11.1 Å². The number of anilines is 1. The first kappa shape index (κ1) is 14.4. The molecule has 1 aliphatic rings. The van der Waals surface area contributed by atoms with Crippen molar-refractivity contribution in [2.24, 2.45) is 0 Å². The smallest absolute Gasteiger partial charge is 0.0822 e. The minimum absolute atomic E-state index is 0.740. The summed E-state index contributed by atoms with van der Waals surface area (Å²) in [7, 11) is 0. The van der Waals surface area contributed by atoms with Gasteiger partial charge in [-0.05, 0) is 18.6 Å². The number of benzene rings is 1. The molecule has 110 valence electrons. The quantitative estimate of drug-likeness (QED) is 0.866. The minimum Gasteiger partial charge on any atom is -0.368 e. The number of halogens is 1. The van der Waals surface area contributed by atoms with E-state index in [1.807, 2.05) is 6.07 Å². The van der Waals surface area contributed by atoms with Gasteiger partial charge in [-0.2, -0.15) is 0 Å². The van der Waals surface area contributed by atoms with Gasteiger partial charge in [0.25, 0.3) is 0 Å². The van der Waals surface area contributed by atoms with Crippen LogP contribution >= 0.6 is 11.6 Å². The van der Waals surface area contributed by atoms with E-state index in [9.17, 15) is 0 Å². The zero-order valence-electron chi connectivity index (χ0n) is 12.3. The number of aryl methyl sites for hydroxylation is 1. The maximum Gasteiger partial charge on any atom is 0.0822 e. The van der Waals surface area contributed by atoms with Gasteiger partial charge in [0, 0.05) is 45.1 Å². The summed E-state index contributed by atoms with van der Waals surface area (Å²) in [5, 5.41) is 0.740. The van der Waals surface area contributed by atoms with Gasteiger partial charge in [0.1, 0.15) is 0 Å². The summed E-state index contributed by atoms with van der Waals surface area (Å²) >= 11 is 6.22. The molecule has 0 amide bonds. The molecular weight excluding hydrogens is 282 g/mol. The highest BCUT2D eigenvalue weighted by atomic mass is 35.5. The van der Waals surface area contributed by atoms with Gasteiger partial charge in [-0.1, -0.05) is 41.4 Å². The molecule has 0 radical (unpaired) electrons. The largest absolute Gasteiger partial charge is 0.368 e. The molecule has 0 N–H and O–H groups in total. The molecule has 1 saturated heterocycles. The van der Waals surface area contributed by atoms with E-state index < -0.39 is 0 Å². The molecular formula is C17H20ClN3. The van der Waals surface area contributed by atoms with Crippen molar-refractivity contribution in [3.63, 3.8) is 0 Å². The van der Waals surface area contributed by atoms with E-state index in [1.54, 1.807) is 12.4 Å². The number of piperazine rings is 1. The zero-order valence-corrected chi connectivity index (χ0v) is 13.1. The summed E-state index contributed by atoms with van der Waals surface area (Å²) in [6.07, 6.45) is 3.52. The van der Waals surface area contributed by atoms with Crippen molar-refractivity contribution < 1.29 is 0 Å². The van der Waals surface area contributed by atoms with Crippen molar-refractivity contribution in [1.29, 1.82) is 0 Å². The molecule has 1 aromatic heterocycles. The molecule has 2 aromatic rings. The van der Waals surface area contributed by atoms with Crippen LogP contribution in [0.15, 0.2) is 42.7 Å². The average Bonchev–Trinajstić information content (AvgIpc) is 2.49. The third-order valence-corrected chi connectivity index (χ3v) is 4.24. The predicted molar refractivity (Wildman–Crippen MR) is 87.9 cm³/mol. The van der Waals surface area contributed by atoms with Gasteiger partial charge in [-0.3, -0.25) is 9.88 Å². The molecule has 0 atom stereocenters. The second-order valence-electron chi connectivity index (χ2n) is 5.58. The molecule has 2 heterocycles. The lowest BCUT2D eigenvalue weighted by atomic mass is 10.1. The average molecular weight is 302 g/mol. The Morgan fingerprint density at radius 1 is 1.14 bits per heavy atom. The minimum atomic E-state index is 0.740. The van der Waals surface area contributed by atoms with Crippen molar-refractivity contribution in [2.75, 3.05) is 31.1 Å². The molecule has 0 bridgehead atoms. The molecule has 0 aliphatic carbocycles. The Bertz CT molecular complexity index is 606. The first-order valence-corrected chi connectivity index (χ1v) is 7.72. The summed E-state index contributed by atoms with van der Waals surface area (Å²) in [5.74, 6) is 0. The number of pyridine rings is 1. The van der Waals surface area contributed by atoms with Crippen LogP contribution in [0.4, 0.5) is 5.69 Å². The topological polar surface area (TPSA) is 19.4 Å². The monoisotopic (exact) mass is 301 g/mol. The third-order valence-electron chi connectivity index (χ3n) is 3.95. The second kappa shape index (κ2) is 6.46. The summed E-state index contributed by atoms with van der Waals surface area (Å²) in [6, 6.07) is 10.8. The van der Waals surface area contributed by atoms with E-state index in [4.69, 9.17) is 11.6 Å². The number of nitrogens with zero attached hydrogens (tertiary/aromatic N) is 3. The molecule has 21 heavy (non-hydrogen) atoms. The van der Waals surface area contributed by atoms with Crippen LogP contribution in [-0.4, -0.2) is 36.1 Å². The Morgan fingerprint density at radius 2 is 1.95 bits per heavy atom. The van der Waals surface area contributed by atoms with E-state index in [0.717, 1.165) is 43.4 Å². The maximum absolute atomic E-state index is 6.22. The van der Waals surface area contributed by atoms with E-state index in [0.29, 0.717) is 0 Å². The molecule has 3 nitrogen and oxygen atoms in total. The predicted octanol–water partition coefficient (Wildman–Crippen LogP) is 3.37. The molecule has 4 heteroatoms. The van der Waals surface area contributed by atoms with Gasteiger partial charge >= 0.3 is 0 Å². The lowest BCUT2D eigenvalue weighted by molar-refractivity contribution is 0.250. The molecule has 0 unspecified atom stereocenters. The Kier molecular flexibility index (Phi) is 4.42. The fourth-order valence-corrected chi connectivity index (χ4v) is 3.08. The van der Waals surface area contributed by atoms with Crippen LogP contribution in [0.5, 0.6) is 0 Å². The summed E-state index contributed by atoms with van der Waals surface area (Å²) in [6.45, 7) is 7.32. The Labute approximate surface area is 131 Å². The van der Waals surface area contributed by atoms with Gasteiger partial charge < -0.3 is 4.90 Å². The summed E-state index contributed by atoms with van der Waals surface area (Å²) in [5.41, 5.74) is 3.82. The number of rotatable bonds is 3. The van der Waals surface area contributed by atoms with Crippen molar-refractivity contribution in [3.05, 3.63) is 58.9 Å². The Hall–Kier alpha value is -1.58. The highest BCUT2D eigenvalue weighted by Crippen LogP contribution is 2.25. The SMILES string of the molecule is Cc1cccc(CN2CCN(c3ccncc3Cl)CC2)c1. The highest BCUT2D eigenvalue weighted by Gasteiger charge is 2.18. The normalized spacial score (nSPS) is 16.2. The molecule has 1 aliphatic heterocycles. The van der Waals surface area contributed by atoms with E-state index >= 15 is 0 Å². The molecule has 1 aromatic carbocycles. The fourth-order valence-electron chi connectivity index (χ4n) is 2.84. The zero-order chi connectivity index (χ0) is 14.7. The molecule has 3 rings (SSSR count). The molecule has 0 saturated carbocycles. The highest BCUT2D eigenvalue weighted by molar-refractivity contribution is 6.33. The fraction of sp³-hybridized carbons (Fsp3) is 0.353. The standard InChI is InChI=1S/C17H20ClN3/c1-14-3-2-4-15(11-14)13-20-7-9-21(10-8-20)17-5-6-19-12-16(17)18/h2-6,11-12H,7-10,13H2,1H3. The first-order chi connectivity index (χ1) is 10.2. The van der Waals surface area contributed by atoms with Crippen molar-refractivity contribution in [1.82, 2.24) is 9.88 Å². The van der Waals surface area contributed by atoms with Gasteiger partial charge in [0.15, 0.2) is 0 Å². The lowest BCUT2D eigenvalue weighted by Gasteiger charge is -2.36. The maximum atomic E-state index is 6.22. The lowest BCUT2D eigenvalue weighted by Crippen LogP contribution is -2.46. The number of hydrogen-bond donors (Lipinski definition) is 0. The Morgan fingerprint density at radius 3 is 2.67 bits per heavy atom. The third kappa shape index (κ3) is 3.55. The van der Waals surface area contributed by atoms with E-state index in [-0.39, 0.29) is 0 Å². The first-order valence-electron chi connectivity index (χ1n) is 7.35. The van der Waals surface area contributed by atoms with Gasteiger partial charge in [0.05, 0.1) is 10.7 Å². The van der Waals surface area contributed by atoms with Crippen LogP contribution in [0.2, 0.25) is 5.02 Å². The van der Waals surface area contributed by atoms with Crippen LogP contribution in [0.25, 0.3) is 0 Å².